The summed E-state index contributed by atoms with van der Waals surface area (Å²) in [5.41, 5.74) is 1.07. The number of hydrogen-bond acceptors (Lipinski definition) is 3. The van der Waals surface area contributed by atoms with Gasteiger partial charge >= 0.3 is 6.18 Å². The van der Waals surface area contributed by atoms with E-state index in [1.165, 1.54) is 36.4 Å². The molecule has 0 atom stereocenters. The summed E-state index contributed by atoms with van der Waals surface area (Å²) in [5.74, 6) is -0.0437. The van der Waals surface area contributed by atoms with Gasteiger partial charge in [-0.05, 0) is 43.3 Å². The molecule has 0 amide bonds. The van der Waals surface area contributed by atoms with E-state index >= 15 is 0 Å². The number of nitrogens with zero attached hydrogens (tertiary/aromatic N) is 2. The summed E-state index contributed by atoms with van der Waals surface area (Å²) in [6.45, 7) is 1.69. The van der Waals surface area contributed by atoms with Crippen molar-refractivity contribution in [2.45, 2.75) is 13.1 Å². The Morgan fingerprint density at radius 1 is 1.00 bits per heavy atom. The number of aromatic amines is 1. The number of nitrogens with one attached hydrogen (secondary N) is 2. The molecule has 29 heavy (non-hydrogen) atoms. The minimum atomic E-state index is -4.49. The quantitative estimate of drug-likeness (QED) is 0.397. The Morgan fingerprint density at radius 2 is 1.76 bits per heavy atom. The second-order valence-electron chi connectivity index (χ2n) is 6.31. The molecule has 2 N–H and O–H groups in total. The number of H-pyrrole nitrogens is 1. The topological polar surface area (TPSA) is 53.6 Å². The van der Waals surface area contributed by atoms with Crippen LogP contribution in [0, 0.1) is 12.7 Å². The second-order valence-corrected chi connectivity index (χ2v) is 6.31. The molecule has 0 aliphatic heterocycles. The number of halogens is 4. The molecular formula is C20H14F4N4V. The van der Waals surface area contributed by atoms with E-state index in [-0.39, 0.29) is 29.8 Å². The van der Waals surface area contributed by atoms with Crippen molar-refractivity contribution in [1.29, 1.82) is 0 Å². The Hall–Kier alpha value is -2.84. The van der Waals surface area contributed by atoms with Crippen molar-refractivity contribution >= 4 is 22.4 Å². The van der Waals surface area contributed by atoms with Crippen molar-refractivity contribution < 1.29 is 36.1 Å². The SMILES string of the molecule is Cc1cc(Nc2n[nH]c3ccc(F)cc23)cc(-c2ccccc2C(F)(F)F)n1.[V]. The van der Waals surface area contributed by atoms with E-state index in [0.29, 0.717) is 28.1 Å². The fourth-order valence-corrected chi connectivity index (χ4v) is 3.05. The van der Waals surface area contributed by atoms with E-state index in [2.05, 4.69) is 20.5 Å². The van der Waals surface area contributed by atoms with E-state index in [9.17, 15) is 17.6 Å². The summed E-state index contributed by atoms with van der Waals surface area (Å²) in [7, 11) is 0. The Bertz CT molecular complexity index is 1170. The molecule has 1 radical (unpaired) electrons. The largest absolute Gasteiger partial charge is 0.417 e. The zero-order valence-corrected chi connectivity index (χ0v) is 16.4. The van der Waals surface area contributed by atoms with Crippen molar-refractivity contribution in [3.63, 3.8) is 0 Å². The van der Waals surface area contributed by atoms with Gasteiger partial charge in [-0.15, -0.1) is 0 Å². The number of hydrogen-bond donors (Lipinski definition) is 2. The van der Waals surface area contributed by atoms with E-state index < -0.39 is 17.6 Å². The maximum atomic E-state index is 13.6. The summed E-state index contributed by atoms with van der Waals surface area (Å²) in [6, 6.07) is 12.7. The van der Waals surface area contributed by atoms with Crippen LogP contribution in [0.1, 0.15) is 11.3 Å². The van der Waals surface area contributed by atoms with Crippen molar-refractivity contribution in [3.8, 4) is 11.3 Å². The molecule has 2 heterocycles. The van der Waals surface area contributed by atoms with Gasteiger partial charge in [0, 0.05) is 40.9 Å². The summed E-state index contributed by atoms with van der Waals surface area (Å²) in [4.78, 5) is 4.26. The van der Waals surface area contributed by atoms with Crippen LogP contribution >= 0.6 is 0 Å². The molecule has 0 bridgehead atoms. The summed E-state index contributed by atoms with van der Waals surface area (Å²) in [5, 5.41) is 10.5. The van der Waals surface area contributed by atoms with Crippen molar-refractivity contribution in [2.75, 3.05) is 5.32 Å². The molecule has 0 aliphatic rings. The fourth-order valence-electron chi connectivity index (χ4n) is 3.05. The Balaban J connectivity index is 0.00000240. The number of fused-ring (bicyclic) bond motifs is 1. The molecular weight excluding hydrogens is 423 g/mol. The fraction of sp³-hybridized carbons (Fsp3) is 0.100. The van der Waals surface area contributed by atoms with Gasteiger partial charge in [0.05, 0.1) is 16.8 Å². The zero-order valence-electron chi connectivity index (χ0n) is 15.0. The molecule has 0 aliphatic carbocycles. The molecule has 4 nitrogen and oxygen atoms in total. The van der Waals surface area contributed by atoms with Crippen LogP contribution in [0.25, 0.3) is 22.2 Å². The average Bonchev–Trinajstić information content (AvgIpc) is 3.02. The van der Waals surface area contributed by atoms with Gasteiger partial charge in [0.15, 0.2) is 5.82 Å². The van der Waals surface area contributed by atoms with Crippen LogP contribution in [0.5, 0.6) is 0 Å². The van der Waals surface area contributed by atoms with Gasteiger partial charge in [-0.1, -0.05) is 18.2 Å². The Kier molecular flexibility index (Phi) is 5.68. The third kappa shape index (κ3) is 4.28. The maximum Gasteiger partial charge on any atom is 0.417 e. The minimum absolute atomic E-state index is 0. The van der Waals surface area contributed by atoms with Gasteiger partial charge in [0.2, 0.25) is 0 Å². The molecule has 0 spiro atoms. The predicted molar refractivity (Wildman–Crippen MR) is 98.7 cm³/mol. The first-order valence-corrected chi connectivity index (χ1v) is 8.37. The molecule has 4 aromatic rings. The number of aryl methyl sites for hydroxylation is 1. The molecule has 0 saturated carbocycles. The van der Waals surface area contributed by atoms with E-state index in [4.69, 9.17) is 0 Å². The summed E-state index contributed by atoms with van der Waals surface area (Å²) in [6.07, 6.45) is -4.49. The van der Waals surface area contributed by atoms with Crippen molar-refractivity contribution in [2.24, 2.45) is 0 Å². The normalized spacial score (nSPS) is 11.3. The van der Waals surface area contributed by atoms with Gasteiger partial charge in [-0.3, -0.25) is 10.1 Å². The molecule has 4 rings (SSSR count). The molecule has 0 saturated heterocycles. The van der Waals surface area contributed by atoms with Gasteiger partial charge < -0.3 is 5.32 Å². The molecule has 2 aromatic carbocycles. The van der Waals surface area contributed by atoms with Crippen LogP contribution in [0.15, 0.2) is 54.6 Å². The van der Waals surface area contributed by atoms with Gasteiger partial charge in [-0.25, -0.2) is 4.39 Å². The first kappa shape index (κ1) is 20.9. The molecule has 9 heteroatoms. The average molecular weight is 437 g/mol. The Labute approximate surface area is 175 Å². The van der Waals surface area contributed by atoms with Crippen molar-refractivity contribution in [1.82, 2.24) is 15.2 Å². The van der Waals surface area contributed by atoms with Gasteiger partial charge in [-0.2, -0.15) is 18.3 Å². The molecule has 147 valence electrons. The van der Waals surface area contributed by atoms with Gasteiger partial charge in [0.25, 0.3) is 0 Å². The number of pyridine rings is 1. The predicted octanol–water partition coefficient (Wildman–Crippen LogP) is 5.83. The molecule has 2 aromatic heterocycles. The van der Waals surface area contributed by atoms with Gasteiger partial charge in [0.1, 0.15) is 5.82 Å². The molecule has 0 unspecified atom stereocenters. The summed E-state index contributed by atoms with van der Waals surface area (Å²) < 4.78 is 53.6. The van der Waals surface area contributed by atoms with Crippen LogP contribution in [0.3, 0.4) is 0 Å². The van der Waals surface area contributed by atoms with Crippen LogP contribution in [-0.2, 0) is 24.7 Å². The minimum Gasteiger partial charge on any atom is -0.338 e. The summed E-state index contributed by atoms with van der Waals surface area (Å²) >= 11 is 0. The van der Waals surface area contributed by atoms with Crippen LogP contribution in [-0.4, -0.2) is 15.2 Å². The number of rotatable bonds is 3. The number of alkyl halides is 3. The third-order valence-corrected chi connectivity index (χ3v) is 4.25. The van der Waals surface area contributed by atoms with E-state index in [1.54, 1.807) is 19.1 Å². The number of benzene rings is 2. The van der Waals surface area contributed by atoms with Crippen molar-refractivity contribution in [3.05, 3.63) is 71.7 Å². The first-order valence-electron chi connectivity index (χ1n) is 8.37. The maximum absolute atomic E-state index is 13.6. The number of anilines is 2. The Morgan fingerprint density at radius 3 is 2.52 bits per heavy atom. The van der Waals surface area contributed by atoms with E-state index in [0.717, 1.165) is 6.07 Å². The second kappa shape index (κ2) is 7.89. The third-order valence-electron chi connectivity index (χ3n) is 4.25. The standard InChI is InChI=1S/C20H14F4N4.V/c1-11-8-13(26-19-15-9-12(21)6-7-17(15)27-28-19)10-18(25-11)14-4-2-3-5-16(14)20(22,23)24;/h2-10H,1H3,(H2,25,26,27,28);. The first-order chi connectivity index (χ1) is 13.3. The monoisotopic (exact) mass is 437 g/mol. The van der Waals surface area contributed by atoms with Crippen LogP contribution < -0.4 is 5.32 Å². The molecule has 0 fully saturated rings. The zero-order chi connectivity index (χ0) is 19.9. The number of aromatic nitrogens is 3. The van der Waals surface area contributed by atoms with Crippen LogP contribution in [0.4, 0.5) is 29.1 Å². The smallest absolute Gasteiger partial charge is 0.338 e. The van der Waals surface area contributed by atoms with E-state index in [1.807, 2.05) is 0 Å². The van der Waals surface area contributed by atoms with Crippen LogP contribution in [0.2, 0.25) is 0 Å².